The number of hydrogen-bond acceptors (Lipinski definition) is 3. The van der Waals surface area contributed by atoms with Crippen LogP contribution in [0.15, 0.2) is 0 Å². The van der Waals surface area contributed by atoms with Gasteiger partial charge in [0.25, 0.3) is 0 Å². The molecule has 0 aliphatic carbocycles. The molecule has 1 rings (SSSR count). The van der Waals surface area contributed by atoms with Gasteiger partial charge in [-0.05, 0) is 39.5 Å². The van der Waals surface area contributed by atoms with Crippen molar-refractivity contribution in [2.75, 3.05) is 13.2 Å². The monoisotopic (exact) mass is 352 g/mol. The average Bonchev–Trinajstić information content (AvgIpc) is 2.25. The molecule has 3 nitrogen and oxygen atoms in total. The van der Waals surface area contributed by atoms with Crippen molar-refractivity contribution < 1.29 is 14.2 Å². The molecule has 0 spiro atoms. The zero-order valence-corrected chi connectivity index (χ0v) is 12.7. The summed E-state index contributed by atoms with van der Waals surface area (Å²) < 4.78 is 17.0. The number of alkyl halides is 1. The Balaban J connectivity index is 2.12. The van der Waals surface area contributed by atoms with E-state index in [-0.39, 0.29) is 4.11 Å². The highest BCUT2D eigenvalue weighted by Crippen LogP contribution is 2.25. The van der Waals surface area contributed by atoms with E-state index in [1.807, 2.05) is 13.8 Å². The van der Waals surface area contributed by atoms with Gasteiger partial charge in [0.1, 0.15) is 10.7 Å². The van der Waals surface area contributed by atoms with Crippen LogP contribution in [0.2, 0.25) is 0 Å². The fourth-order valence-corrected chi connectivity index (χ4v) is 2.48. The highest BCUT2D eigenvalue weighted by atomic mass is 127. The van der Waals surface area contributed by atoms with Crippen LogP contribution in [-0.2, 0) is 14.2 Å². The van der Waals surface area contributed by atoms with E-state index in [1.54, 1.807) is 0 Å². The minimum Gasteiger partial charge on any atom is -0.355 e. The summed E-state index contributed by atoms with van der Waals surface area (Å²) in [5.74, 6) is 2.06. The Kier molecular flexibility index (Phi) is 6.78. The Bertz CT molecular complexity index is 260. The van der Waals surface area contributed by atoms with Crippen LogP contribution in [0.25, 0.3) is 0 Å². The van der Waals surface area contributed by atoms with Crippen LogP contribution in [0.3, 0.4) is 0 Å². The van der Waals surface area contributed by atoms with Gasteiger partial charge in [0.05, 0.1) is 12.7 Å². The summed E-state index contributed by atoms with van der Waals surface area (Å²) in [6.07, 6.45) is 9.62. The van der Waals surface area contributed by atoms with Crippen molar-refractivity contribution in [1.82, 2.24) is 0 Å². The molecule has 2 unspecified atom stereocenters. The van der Waals surface area contributed by atoms with Crippen LogP contribution in [0.4, 0.5) is 0 Å². The molecule has 4 heteroatoms. The van der Waals surface area contributed by atoms with Crippen LogP contribution in [0.1, 0.15) is 39.5 Å². The summed E-state index contributed by atoms with van der Waals surface area (Å²) in [6.45, 7) is 5.12. The van der Waals surface area contributed by atoms with Crippen molar-refractivity contribution in [2.24, 2.45) is 0 Å². The summed E-state index contributed by atoms with van der Waals surface area (Å²) in [5, 5.41) is 0. The topological polar surface area (TPSA) is 27.7 Å². The van der Waals surface area contributed by atoms with Gasteiger partial charge in [-0.3, -0.25) is 0 Å². The summed E-state index contributed by atoms with van der Waals surface area (Å²) in [5.41, 5.74) is 0. The zero-order chi connectivity index (χ0) is 12.7. The molecular weight excluding hydrogens is 331 g/mol. The van der Waals surface area contributed by atoms with Gasteiger partial charge in [0.2, 0.25) is 0 Å². The fraction of sp³-hybridized carbons (Fsp3) is 0.846. The largest absolute Gasteiger partial charge is 0.355 e. The van der Waals surface area contributed by atoms with Crippen LogP contribution in [0, 0.1) is 12.3 Å². The highest BCUT2D eigenvalue weighted by molar-refractivity contribution is 14.1. The molecule has 1 fully saturated rings. The first-order chi connectivity index (χ1) is 8.03. The van der Waals surface area contributed by atoms with E-state index in [1.165, 1.54) is 0 Å². The lowest BCUT2D eigenvalue weighted by Crippen LogP contribution is -2.39. The molecule has 1 aliphatic heterocycles. The minimum atomic E-state index is -0.424. The first-order valence-electron chi connectivity index (χ1n) is 6.04. The Morgan fingerprint density at radius 2 is 2.35 bits per heavy atom. The molecule has 0 saturated carbocycles. The van der Waals surface area contributed by atoms with Gasteiger partial charge in [0, 0.05) is 0 Å². The van der Waals surface area contributed by atoms with Gasteiger partial charge in [-0.25, -0.2) is 0 Å². The predicted octanol–water partition coefficient (Wildman–Crippen LogP) is 3.11. The maximum absolute atomic E-state index is 5.84. The lowest BCUT2D eigenvalue weighted by atomic mass is 10.1. The molecule has 1 aliphatic rings. The normalized spacial score (nSPS) is 25.2. The van der Waals surface area contributed by atoms with E-state index < -0.39 is 5.79 Å². The van der Waals surface area contributed by atoms with Crippen LogP contribution in [-0.4, -0.2) is 29.2 Å². The van der Waals surface area contributed by atoms with Gasteiger partial charge in [-0.2, -0.15) is 0 Å². The third kappa shape index (κ3) is 6.61. The summed E-state index contributed by atoms with van der Waals surface area (Å²) in [4.78, 5) is 0. The van der Waals surface area contributed by atoms with E-state index in [9.17, 15) is 0 Å². The summed E-state index contributed by atoms with van der Waals surface area (Å²) >= 11 is 2.28. The SMILES string of the molecule is C#CCOC(I)CCCC1CCOC(C)(C)O1. The third-order valence-corrected chi connectivity index (χ3v) is 3.63. The number of halogens is 1. The molecule has 0 aromatic carbocycles. The van der Waals surface area contributed by atoms with Gasteiger partial charge in [-0.15, -0.1) is 6.42 Å². The quantitative estimate of drug-likeness (QED) is 0.418. The molecule has 0 aromatic rings. The van der Waals surface area contributed by atoms with E-state index in [4.69, 9.17) is 20.6 Å². The number of rotatable bonds is 6. The molecule has 2 atom stereocenters. The third-order valence-electron chi connectivity index (χ3n) is 2.64. The van der Waals surface area contributed by atoms with Crippen LogP contribution >= 0.6 is 22.6 Å². The van der Waals surface area contributed by atoms with Gasteiger partial charge >= 0.3 is 0 Å². The zero-order valence-electron chi connectivity index (χ0n) is 10.6. The van der Waals surface area contributed by atoms with E-state index in [0.29, 0.717) is 12.7 Å². The first kappa shape index (κ1) is 15.2. The van der Waals surface area contributed by atoms with Gasteiger partial charge < -0.3 is 14.2 Å². The maximum atomic E-state index is 5.84. The van der Waals surface area contributed by atoms with Crippen molar-refractivity contribution in [3.63, 3.8) is 0 Å². The second-order valence-corrected chi connectivity index (χ2v) is 6.02. The van der Waals surface area contributed by atoms with E-state index >= 15 is 0 Å². The highest BCUT2D eigenvalue weighted by Gasteiger charge is 2.28. The smallest absolute Gasteiger partial charge is 0.163 e. The van der Waals surface area contributed by atoms with Crippen LogP contribution < -0.4 is 0 Å². The van der Waals surface area contributed by atoms with Crippen molar-refractivity contribution in [1.29, 1.82) is 0 Å². The molecule has 0 amide bonds. The Morgan fingerprint density at radius 1 is 1.59 bits per heavy atom. The molecule has 98 valence electrons. The Labute approximate surface area is 118 Å². The first-order valence-corrected chi connectivity index (χ1v) is 7.29. The maximum Gasteiger partial charge on any atom is 0.163 e. The molecule has 1 saturated heterocycles. The van der Waals surface area contributed by atoms with Crippen molar-refractivity contribution in [3.8, 4) is 12.3 Å². The summed E-state index contributed by atoms with van der Waals surface area (Å²) in [7, 11) is 0. The Hall–Kier alpha value is 0.170. The van der Waals surface area contributed by atoms with E-state index in [2.05, 4.69) is 28.5 Å². The minimum absolute atomic E-state index is 0.205. The molecule has 0 bridgehead atoms. The van der Waals surface area contributed by atoms with Crippen molar-refractivity contribution in [3.05, 3.63) is 0 Å². The second kappa shape index (κ2) is 7.57. The second-order valence-electron chi connectivity index (χ2n) is 4.63. The molecule has 0 aromatic heterocycles. The molecule has 1 heterocycles. The van der Waals surface area contributed by atoms with Crippen molar-refractivity contribution >= 4 is 22.6 Å². The predicted molar refractivity (Wildman–Crippen MR) is 76.0 cm³/mol. The molecular formula is C13H21IO3. The summed E-state index contributed by atoms with van der Waals surface area (Å²) in [6, 6.07) is 0. The number of ether oxygens (including phenoxy) is 3. The van der Waals surface area contributed by atoms with E-state index in [0.717, 1.165) is 32.3 Å². The fourth-order valence-electron chi connectivity index (χ4n) is 1.86. The van der Waals surface area contributed by atoms with Crippen molar-refractivity contribution in [2.45, 2.75) is 55.5 Å². The lowest BCUT2D eigenvalue weighted by molar-refractivity contribution is -0.274. The Morgan fingerprint density at radius 3 is 3.00 bits per heavy atom. The number of terminal acetylenes is 1. The molecule has 17 heavy (non-hydrogen) atoms. The lowest BCUT2D eigenvalue weighted by Gasteiger charge is -2.36. The standard InChI is InChI=1S/C13H21IO3/c1-4-9-15-12(14)7-5-6-11-8-10-16-13(2,3)17-11/h1,11-12H,5-10H2,2-3H3. The van der Waals surface area contributed by atoms with Gasteiger partial charge in [-0.1, -0.05) is 28.5 Å². The van der Waals surface area contributed by atoms with Crippen LogP contribution in [0.5, 0.6) is 0 Å². The molecule has 0 radical (unpaired) electrons. The number of hydrogen-bond donors (Lipinski definition) is 0. The van der Waals surface area contributed by atoms with Gasteiger partial charge in [0.15, 0.2) is 5.79 Å². The molecule has 0 N–H and O–H groups in total. The average molecular weight is 352 g/mol.